The average molecular weight is 371 g/mol. The van der Waals surface area contributed by atoms with Crippen molar-refractivity contribution in [3.05, 3.63) is 64.2 Å². The van der Waals surface area contributed by atoms with E-state index in [0.717, 1.165) is 24.1 Å². The van der Waals surface area contributed by atoms with Gasteiger partial charge >= 0.3 is 0 Å². The van der Waals surface area contributed by atoms with Gasteiger partial charge in [0.25, 0.3) is 0 Å². The molecule has 0 aromatic heterocycles. The van der Waals surface area contributed by atoms with Crippen LogP contribution in [-0.2, 0) is 16.0 Å². The molecule has 0 saturated carbocycles. The predicted molar refractivity (Wildman–Crippen MR) is 104 cm³/mol. The summed E-state index contributed by atoms with van der Waals surface area (Å²) in [5.41, 5.74) is 4.28. The maximum atomic E-state index is 13.0. The molecule has 0 fully saturated rings. The lowest BCUT2D eigenvalue weighted by Gasteiger charge is -2.31. The molecule has 2 aromatic carbocycles. The van der Waals surface area contributed by atoms with Crippen LogP contribution in [0.3, 0.4) is 0 Å². The zero-order valence-corrected chi connectivity index (χ0v) is 15.8. The largest absolute Gasteiger partial charge is 0.349 e. The van der Waals surface area contributed by atoms with E-state index in [4.69, 9.17) is 11.6 Å². The maximum Gasteiger partial charge on any atom is 0.229 e. The van der Waals surface area contributed by atoms with E-state index in [0.29, 0.717) is 11.6 Å². The van der Waals surface area contributed by atoms with E-state index in [1.807, 2.05) is 29.2 Å². The van der Waals surface area contributed by atoms with Crippen LogP contribution in [-0.4, -0.2) is 18.4 Å². The van der Waals surface area contributed by atoms with Crippen molar-refractivity contribution in [2.75, 3.05) is 11.4 Å². The van der Waals surface area contributed by atoms with Crippen molar-refractivity contribution in [1.82, 2.24) is 5.32 Å². The van der Waals surface area contributed by atoms with Gasteiger partial charge < -0.3 is 10.2 Å². The first-order valence-electron chi connectivity index (χ1n) is 8.86. The molecule has 0 saturated heterocycles. The average Bonchev–Trinajstić information content (AvgIpc) is 2.60. The number of carbonyl (C=O) groups is 2. The van der Waals surface area contributed by atoms with Gasteiger partial charge in [-0.1, -0.05) is 41.4 Å². The topological polar surface area (TPSA) is 49.4 Å². The maximum absolute atomic E-state index is 13.0. The third-order valence-electron chi connectivity index (χ3n) is 4.68. The summed E-state index contributed by atoms with van der Waals surface area (Å²) in [6, 6.07) is 13.1. The molecule has 0 aliphatic carbocycles. The number of rotatable bonds is 4. The number of fused-ring (bicyclic) bond motifs is 1. The molecule has 0 radical (unpaired) electrons. The molecule has 136 valence electrons. The molecule has 1 aliphatic heterocycles. The first-order chi connectivity index (χ1) is 12.4. The van der Waals surface area contributed by atoms with Crippen LogP contribution in [0.2, 0.25) is 5.02 Å². The normalized spacial score (nSPS) is 14.5. The van der Waals surface area contributed by atoms with E-state index in [2.05, 4.69) is 18.3 Å². The quantitative estimate of drug-likeness (QED) is 0.877. The van der Waals surface area contributed by atoms with Crippen LogP contribution in [0.4, 0.5) is 5.69 Å². The van der Waals surface area contributed by atoms with Gasteiger partial charge in [-0.05, 0) is 49.1 Å². The second-order valence-corrected chi connectivity index (χ2v) is 7.23. The van der Waals surface area contributed by atoms with E-state index < -0.39 is 0 Å². The molecule has 4 nitrogen and oxygen atoms in total. The minimum Gasteiger partial charge on any atom is -0.349 e. The number of halogens is 1. The molecular weight excluding hydrogens is 348 g/mol. The van der Waals surface area contributed by atoms with E-state index in [9.17, 15) is 9.59 Å². The third-order valence-corrected chi connectivity index (χ3v) is 4.94. The Morgan fingerprint density at radius 1 is 1.19 bits per heavy atom. The molecule has 1 N–H and O–H groups in total. The highest BCUT2D eigenvalue weighted by molar-refractivity contribution is 6.30. The minimum atomic E-state index is -0.368. The second kappa shape index (κ2) is 7.92. The van der Waals surface area contributed by atoms with Crippen LogP contribution >= 0.6 is 11.6 Å². The highest BCUT2D eigenvalue weighted by Gasteiger charge is 2.26. The van der Waals surface area contributed by atoms with Crippen molar-refractivity contribution in [2.24, 2.45) is 0 Å². The van der Waals surface area contributed by atoms with Gasteiger partial charge in [-0.25, -0.2) is 0 Å². The molecule has 1 atom stereocenters. The standard InChI is InChI=1S/C21H23ClN2O2/c1-14-5-10-20-17(12-14)4-3-11-24(20)21(26)13-19(23-15(2)25)16-6-8-18(22)9-7-16/h5-10,12,19H,3-4,11,13H2,1-2H3,(H,23,25)/t19-/m1/s1. The summed E-state index contributed by atoms with van der Waals surface area (Å²) in [5.74, 6) is -0.143. The first-order valence-corrected chi connectivity index (χ1v) is 9.24. The third kappa shape index (κ3) is 4.25. The van der Waals surface area contributed by atoms with Gasteiger partial charge in [0, 0.05) is 24.2 Å². The summed E-state index contributed by atoms with van der Waals surface area (Å²) in [4.78, 5) is 26.5. The summed E-state index contributed by atoms with van der Waals surface area (Å²) in [6.45, 7) is 4.24. The number of carbonyl (C=O) groups excluding carboxylic acids is 2. The van der Waals surface area contributed by atoms with Crippen molar-refractivity contribution >= 4 is 29.1 Å². The summed E-state index contributed by atoms with van der Waals surface area (Å²) in [5, 5.41) is 3.52. The lowest BCUT2D eigenvalue weighted by Crippen LogP contribution is -2.38. The van der Waals surface area contributed by atoms with E-state index in [1.165, 1.54) is 18.1 Å². The number of aryl methyl sites for hydroxylation is 2. The summed E-state index contributed by atoms with van der Waals surface area (Å²) < 4.78 is 0. The lowest BCUT2D eigenvalue weighted by atomic mass is 9.97. The Kier molecular flexibility index (Phi) is 5.62. The molecule has 0 spiro atoms. The van der Waals surface area contributed by atoms with Crippen LogP contribution in [0.25, 0.3) is 0 Å². The van der Waals surface area contributed by atoms with Gasteiger partial charge in [-0.3, -0.25) is 9.59 Å². The highest BCUT2D eigenvalue weighted by Crippen LogP contribution is 2.30. The number of benzene rings is 2. The number of amides is 2. The Morgan fingerprint density at radius 2 is 1.92 bits per heavy atom. The number of hydrogen-bond acceptors (Lipinski definition) is 2. The number of nitrogens with one attached hydrogen (secondary N) is 1. The first kappa shape index (κ1) is 18.5. The summed E-state index contributed by atoms with van der Waals surface area (Å²) in [6.07, 6.45) is 2.16. The molecule has 2 aromatic rings. The monoisotopic (exact) mass is 370 g/mol. The van der Waals surface area contributed by atoms with E-state index in [-0.39, 0.29) is 24.3 Å². The Morgan fingerprint density at radius 3 is 2.62 bits per heavy atom. The molecule has 0 unspecified atom stereocenters. The van der Waals surface area contributed by atoms with Gasteiger partial charge in [0.15, 0.2) is 0 Å². The molecular formula is C21H23ClN2O2. The molecule has 1 aliphatic rings. The van der Waals surface area contributed by atoms with Gasteiger partial charge in [0.2, 0.25) is 11.8 Å². The Hall–Kier alpha value is -2.33. The molecule has 5 heteroatoms. The fraction of sp³-hybridized carbons (Fsp3) is 0.333. The Balaban J connectivity index is 1.82. The van der Waals surface area contributed by atoms with Crippen molar-refractivity contribution < 1.29 is 9.59 Å². The van der Waals surface area contributed by atoms with Crippen molar-refractivity contribution in [1.29, 1.82) is 0 Å². The number of anilines is 1. The summed E-state index contributed by atoms with van der Waals surface area (Å²) in [7, 11) is 0. The molecule has 2 amide bonds. The van der Waals surface area contributed by atoms with Crippen molar-refractivity contribution in [3.8, 4) is 0 Å². The number of nitrogens with zero attached hydrogens (tertiary/aromatic N) is 1. The van der Waals surface area contributed by atoms with Gasteiger partial charge in [-0.15, -0.1) is 0 Å². The zero-order valence-electron chi connectivity index (χ0n) is 15.1. The molecule has 26 heavy (non-hydrogen) atoms. The zero-order chi connectivity index (χ0) is 18.7. The van der Waals surface area contributed by atoms with Crippen LogP contribution in [0.1, 0.15) is 42.5 Å². The van der Waals surface area contributed by atoms with Crippen LogP contribution < -0.4 is 10.2 Å². The molecule has 1 heterocycles. The number of hydrogen-bond donors (Lipinski definition) is 1. The van der Waals surface area contributed by atoms with Crippen LogP contribution in [0, 0.1) is 6.92 Å². The highest BCUT2D eigenvalue weighted by atomic mass is 35.5. The van der Waals surface area contributed by atoms with Gasteiger partial charge in [0.05, 0.1) is 12.5 Å². The molecule has 0 bridgehead atoms. The van der Waals surface area contributed by atoms with Crippen molar-refractivity contribution in [2.45, 2.75) is 39.2 Å². The fourth-order valence-electron chi connectivity index (χ4n) is 3.46. The predicted octanol–water partition coefficient (Wildman–Crippen LogP) is 4.20. The lowest BCUT2D eigenvalue weighted by molar-refractivity contribution is -0.121. The molecule has 3 rings (SSSR count). The minimum absolute atomic E-state index is 0.0171. The van der Waals surface area contributed by atoms with E-state index in [1.54, 1.807) is 12.1 Å². The summed E-state index contributed by atoms with van der Waals surface area (Å²) >= 11 is 5.96. The fourth-order valence-corrected chi connectivity index (χ4v) is 3.59. The van der Waals surface area contributed by atoms with Gasteiger partial charge in [0.1, 0.15) is 0 Å². The smallest absolute Gasteiger partial charge is 0.229 e. The Bertz CT molecular complexity index is 817. The van der Waals surface area contributed by atoms with Gasteiger partial charge in [-0.2, -0.15) is 0 Å². The second-order valence-electron chi connectivity index (χ2n) is 6.79. The van der Waals surface area contributed by atoms with Crippen molar-refractivity contribution in [3.63, 3.8) is 0 Å². The van der Waals surface area contributed by atoms with Crippen LogP contribution in [0.15, 0.2) is 42.5 Å². The van der Waals surface area contributed by atoms with E-state index >= 15 is 0 Å². The SMILES string of the molecule is CC(=O)N[C@H](CC(=O)N1CCCc2cc(C)ccc21)c1ccc(Cl)cc1. The Labute approximate surface area is 159 Å². The van der Waals surface area contributed by atoms with Crippen LogP contribution in [0.5, 0.6) is 0 Å².